The van der Waals surface area contributed by atoms with Crippen molar-refractivity contribution in [1.82, 2.24) is 9.97 Å². The lowest BCUT2D eigenvalue weighted by molar-refractivity contribution is 0.554. The van der Waals surface area contributed by atoms with Crippen LogP contribution in [-0.4, -0.2) is 16.5 Å². The van der Waals surface area contributed by atoms with E-state index >= 15 is 0 Å². The van der Waals surface area contributed by atoms with E-state index in [1.165, 1.54) is 0 Å². The molecule has 1 unspecified atom stereocenters. The number of rotatable bonds is 4. The Bertz CT molecular complexity index is 710. The standard InChI is InChI=1S/C15H16N4S/c1-15(9-16,11-5-3-2-4-6-11)19-13-12-7-8-20-14(12)18-10-17-13/h2-8,10H,9,16H2,1H3,(H,17,18,19). The van der Waals surface area contributed by atoms with Gasteiger partial charge in [0.25, 0.3) is 0 Å². The highest BCUT2D eigenvalue weighted by atomic mass is 32.1. The molecule has 0 radical (unpaired) electrons. The third-order valence-corrected chi connectivity index (χ3v) is 4.30. The Kier molecular flexibility index (Phi) is 3.38. The molecule has 2 heterocycles. The van der Waals surface area contributed by atoms with E-state index in [1.807, 2.05) is 29.6 Å². The SMILES string of the molecule is CC(CN)(Nc1ncnc2sccc12)c1ccccc1. The van der Waals surface area contributed by atoms with Crippen LogP contribution in [0.1, 0.15) is 12.5 Å². The summed E-state index contributed by atoms with van der Waals surface area (Å²) in [5.41, 5.74) is 6.79. The molecule has 0 aliphatic heterocycles. The maximum Gasteiger partial charge on any atom is 0.138 e. The lowest BCUT2D eigenvalue weighted by Gasteiger charge is -2.30. The molecule has 3 N–H and O–H groups in total. The number of aromatic nitrogens is 2. The maximum atomic E-state index is 6.00. The van der Waals surface area contributed by atoms with Gasteiger partial charge in [0, 0.05) is 6.54 Å². The van der Waals surface area contributed by atoms with E-state index in [-0.39, 0.29) is 5.54 Å². The molecule has 3 aromatic rings. The predicted octanol–water partition coefficient (Wildman–Crippen LogP) is 2.98. The van der Waals surface area contributed by atoms with E-state index < -0.39 is 0 Å². The van der Waals surface area contributed by atoms with Crippen molar-refractivity contribution >= 4 is 27.4 Å². The number of fused-ring (bicyclic) bond motifs is 1. The molecule has 0 aliphatic rings. The third kappa shape index (κ3) is 2.26. The number of nitrogens with two attached hydrogens (primary N) is 1. The smallest absolute Gasteiger partial charge is 0.138 e. The molecule has 1 atom stereocenters. The summed E-state index contributed by atoms with van der Waals surface area (Å²) in [4.78, 5) is 9.61. The number of nitrogens with one attached hydrogen (secondary N) is 1. The van der Waals surface area contributed by atoms with Crippen molar-refractivity contribution in [2.45, 2.75) is 12.5 Å². The minimum absolute atomic E-state index is 0.357. The summed E-state index contributed by atoms with van der Waals surface area (Å²) in [5, 5.41) is 6.54. The van der Waals surface area contributed by atoms with Crippen LogP contribution >= 0.6 is 11.3 Å². The second-order valence-electron chi connectivity index (χ2n) is 4.89. The second-order valence-corrected chi connectivity index (χ2v) is 5.78. The minimum Gasteiger partial charge on any atom is -0.359 e. The molecule has 5 heteroatoms. The molecule has 1 aromatic carbocycles. The molecular weight excluding hydrogens is 268 g/mol. The topological polar surface area (TPSA) is 63.8 Å². The molecule has 102 valence electrons. The van der Waals surface area contributed by atoms with Gasteiger partial charge in [0.2, 0.25) is 0 Å². The lowest BCUT2D eigenvalue weighted by atomic mass is 9.92. The molecule has 4 nitrogen and oxygen atoms in total. The number of anilines is 1. The summed E-state index contributed by atoms with van der Waals surface area (Å²) < 4.78 is 0. The molecule has 2 aromatic heterocycles. The van der Waals surface area contributed by atoms with Gasteiger partial charge in [-0.3, -0.25) is 0 Å². The molecule has 0 saturated heterocycles. The Labute approximate surface area is 121 Å². The van der Waals surface area contributed by atoms with Gasteiger partial charge in [-0.15, -0.1) is 11.3 Å². The van der Waals surface area contributed by atoms with Crippen LogP contribution in [0.3, 0.4) is 0 Å². The first-order valence-corrected chi connectivity index (χ1v) is 7.33. The molecule has 3 rings (SSSR count). The Morgan fingerprint density at radius 1 is 1.20 bits per heavy atom. The fraction of sp³-hybridized carbons (Fsp3) is 0.200. The average molecular weight is 284 g/mol. The molecular formula is C15H16N4S. The van der Waals surface area contributed by atoms with E-state index in [1.54, 1.807) is 17.7 Å². The first kappa shape index (κ1) is 13.0. The summed E-state index contributed by atoms with van der Waals surface area (Å²) in [7, 11) is 0. The molecule has 0 saturated carbocycles. The van der Waals surface area contributed by atoms with Crippen LogP contribution in [0.2, 0.25) is 0 Å². The highest BCUT2D eigenvalue weighted by molar-refractivity contribution is 7.16. The van der Waals surface area contributed by atoms with Gasteiger partial charge in [-0.2, -0.15) is 0 Å². The van der Waals surface area contributed by atoms with Gasteiger partial charge in [0.1, 0.15) is 17.0 Å². The molecule has 20 heavy (non-hydrogen) atoms. The number of nitrogens with zero attached hydrogens (tertiary/aromatic N) is 2. The van der Waals surface area contributed by atoms with Gasteiger partial charge in [-0.05, 0) is 23.9 Å². The minimum atomic E-state index is -0.357. The van der Waals surface area contributed by atoms with Gasteiger partial charge < -0.3 is 11.1 Å². The van der Waals surface area contributed by atoms with Crippen LogP contribution < -0.4 is 11.1 Å². The monoisotopic (exact) mass is 284 g/mol. The summed E-state index contributed by atoms with van der Waals surface area (Å²) in [6.45, 7) is 2.56. The number of hydrogen-bond donors (Lipinski definition) is 2. The first-order valence-electron chi connectivity index (χ1n) is 6.45. The van der Waals surface area contributed by atoms with E-state index in [4.69, 9.17) is 5.73 Å². The molecule has 0 aliphatic carbocycles. The Balaban J connectivity index is 2.01. The fourth-order valence-corrected chi connectivity index (χ4v) is 2.93. The van der Waals surface area contributed by atoms with E-state index in [2.05, 4.69) is 34.3 Å². The highest BCUT2D eigenvalue weighted by Gasteiger charge is 2.25. The Morgan fingerprint density at radius 3 is 2.75 bits per heavy atom. The fourth-order valence-electron chi connectivity index (χ4n) is 2.20. The Hall–Kier alpha value is -1.98. The van der Waals surface area contributed by atoms with Crippen molar-refractivity contribution in [3.63, 3.8) is 0 Å². The van der Waals surface area contributed by atoms with Crippen molar-refractivity contribution in [1.29, 1.82) is 0 Å². The largest absolute Gasteiger partial charge is 0.359 e. The van der Waals surface area contributed by atoms with Crippen LogP contribution in [0.5, 0.6) is 0 Å². The first-order chi connectivity index (χ1) is 9.73. The summed E-state index contributed by atoms with van der Waals surface area (Å²) >= 11 is 1.61. The van der Waals surface area contributed by atoms with Crippen molar-refractivity contribution < 1.29 is 0 Å². The molecule has 0 spiro atoms. The normalized spacial score (nSPS) is 14.1. The van der Waals surface area contributed by atoms with Crippen LogP contribution in [0, 0.1) is 0 Å². The van der Waals surface area contributed by atoms with Crippen molar-refractivity contribution in [2.24, 2.45) is 5.73 Å². The molecule has 0 fully saturated rings. The van der Waals surface area contributed by atoms with E-state index in [0.717, 1.165) is 21.6 Å². The zero-order valence-electron chi connectivity index (χ0n) is 11.2. The summed E-state index contributed by atoms with van der Waals surface area (Å²) in [6, 6.07) is 12.2. The Morgan fingerprint density at radius 2 is 2.00 bits per heavy atom. The molecule has 0 bridgehead atoms. The lowest BCUT2D eigenvalue weighted by Crippen LogP contribution is -2.40. The van der Waals surface area contributed by atoms with Gasteiger partial charge >= 0.3 is 0 Å². The van der Waals surface area contributed by atoms with Gasteiger partial charge in [-0.25, -0.2) is 9.97 Å². The number of hydrogen-bond acceptors (Lipinski definition) is 5. The van der Waals surface area contributed by atoms with Crippen molar-refractivity contribution in [3.8, 4) is 0 Å². The summed E-state index contributed by atoms with van der Waals surface area (Å²) in [5.74, 6) is 0.827. The van der Waals surface area contributed by atoms with Crippen LogP contribution in [0.25, 0.3) is 10.2 Å². The van der Waals surface area contributed by atoms with Crippen LogP contribution in [0.15, 0.2) is 48.1 Å². The third-order valence-electron chi connectivity index (χ3n) is 3.48. The summed E-state index contributed by atoms with van der Waals surface area (Å²) in [6.07, 6.45) is 1.59. The van der Waals surface area contributed by atoms with Gasteiger partial charge in [-0.1, -0.05) is 30.3 Å². The molecule has 0 amide bonds. The van der Waals surface area contributed by atoms with Gasteiger partial charge in [0.15, 0.2) is 0 Å². The maximum absolute atomic E-state index is 6.00. The zero-order chi connectivity index (χ0) is 14.0. The van der Waals surface area contributed by atoms with Crippen molar-refractivity contribution in [3.05, 3.63) is 53.7 Å². The predicted molar refractivity (Wildman–Crippen MR) is 83.9 cm³/mol. The quantitative estimate of drug-likeness (QED) is 0.773. The van der Waals surface area contributed by atoms with E-state index in [9.17, 15) is 0 Å². The zero-order valence-corrected chi connectivity index (χ0v) is 12.0. The number of thiophene rings is 1. The number of benzene rings is 1. The highest BCUT2D eigenvalue weighted by Crippen LogP contribution is 2.29. The second kappa shape index (κ2) is 5.19. The van der Waals surface area contributed by atoms with E-state index in [0.29, 0.717) is 6.54 Å². The van der Waals surface area contributed by atoms with Crippen molar-refractivity contribution in [2.75, 3.05) is 11.9 Å². The van der Waals surface area contributed by atoms with Crippen LogP contribution in [-0.2, 0) is 5.54 Å². The van der Waals surface area contributed by atoms with Gasteiger partial charge in [0.05, 0.1) is 10.9 Å². The average Bonchev–Trinajstić information content (AvgIpc) is 2.98. The van der Waals surface area contributed by atoms with Crippen LogP contribution in [0.4, 0.5) is 5.82 Å².